The van der Waals surface area contributed by atoms with Crippen LogP contribution in [-0.2, 0) is 73.0 Å². The van der Waals surface area contributed by atoms with Gasteiger partial charge in [0.2, 0.25) is 0 Å². The number of benzene rings is 2. The van der Waals surface area contributed by atoms with Crippen LogP contribution in [-0.4, -0.2) is 210 Å². The van der Waals surface area contributed by atoms with Gasteiger partial charge in [0.25, 0.3) is 0 Å². The largest absolute Gasteiger partial charge is 0.462 e. The molecule has 29 heteroatoms. The van der Waals surface area contributed by atoms with Gasteiger partial charge in [0.05, 0.1) is 79.7 Å². The number of oxime groups is 1. The molecule has 1 amide bonds. The Morgan fingerprint density at radius 1 is 0.411 bits per heavy atom. The first kappa shape index (κ1) is 131. The van der Waals surface area contributed by atoms with Gasteiger partial charge in [-0.25, -0.2) is 4.79 Å². The molecular formula is C117H212N2O18Si9. The quantitative estimate of drug-likeness (QED) is 0.0207. The lowest BCUT2D eigenvalue weighted by molar-refractivity contribution is -0.310. The number of cyclic esters (lactones) is 1. The number of allylic oxidation sites excluding steroid dienone is 12. The maximum absolute atomic E-state index is 15.6. The van der Waals surface area contributed by atoms with E-state index in [1.54, 1.807) is 13.3 Å². The van der Waals surface area contributed by atoms with Gasteiger partial charge in [-0.1, -0.05) is 334 Å². The summed E-state index contributed by atoms with van der Waals surface area (Å²) < 4.78 is 117. The van der Waals surface area contributed by atoms with E-state index in [9.17, 15) is 5.21 Å². The normalized spacial score (nSPS) is 28.3. The van der Waals surface area contributed by atoms with Crippen molar-refractivity contribution < 1.29 is 83.1 Å². The van der Waals surface area contributed by atoms with Crippen molar-refractivity contribution in [2.24, 2.45) is 22.9 Å². The van der Waals surface area contributed by atoms with Crippen molar-refractivity contribution >= 4 is 93.1 Å². The van der Waals surface area contributed by atoms with Gasteiger partial charge in [0.15, 0.2) is 86.9 Å². The van der Waals surface area contributed by atoms with Gasteiger partial charge in [-0.2, -0.15) is 0 Å². The van der Waals surface area contributed by atoms with Crippen LogP contribution in [0.1, 0.15) is 283 Å². The number of methoxy groups -OCH3 is 1. The van der Waals surface area contributed by atoms with E-state index < -0.39 is 166 Å². The van der Waals surface area contributed by atoms with Crippen LogP contribution in [0.25, 0.3) is 11.1 Å². The molecule has 6 rings (SSSR count). The minimum Gasteiger partial charge on any atom is -0.462 e. The highest BCUT2D eigenvalue weighted by Crippen LogP contribution is 2.49. The van der Waals surface area contributed by atoms with Crippen molar-refractivity contribution in [3.63, 3.8) is 0 Å². The van der Waals surface area contributed by atoms with Crippen LogP contribution in [0.15, 0.2) is 139 Å². The average Bonchev–Trinajstić information content (AvgIpc) is 1.34. The Balaban J connectivity index is 1.75. The van der Waals surface area contributed by atoms with E-state index in [-0.39, 0.29) is 61.5 Å². The fourth-order valence-electron chi connectivity index (χ4n) is 24.0. The molecule has 2 aromatic rings. The third kappa shape index (κ3) is 35.6. The summed E-state index contributed by atoms with van der Waals surface area (Å²) in [5, 5.41) is 19.0. The molecule has 2 saturated heterocycles. The fraction of sp³-hybridized carbons (Fsp3) is 0.752. The molecule has 19 atom stereocenters. The molecule has 2 aromatic carbocycles. The first-order valence-corrected chi connectivity index (χ1v) is 81.6. The van der Waals surface area contributed by atoms with E-state index in [4.69, 9.17) is 68.3 Å². The Bertz CT molecular complexity index is 4150. The van der Waals surface area contributed by atoms with E-state index in [2.05, 4.69) is 304 Å². The number of fused-ring (bicyclic) bond motifs is 5. The summed E-state index contributed by atoms with van der Waals surface area (Å²) in [5.41, 5.74) is 4.54. The maximum atomic E-state index is 15.6. The van der Waals surface area contributed by atoms with E-state index in [0.717, 1.165) is 185 Å². The van der Waals surface area contributed by atoms with Crippen LogP contribution in [0.3, 0.4) is 0 Å². The highest BCUT2D eigenvalue weighted by molar-refractivity contribution is 6.77. The van der Waals surface area contributed by atoms with Crippen LogP contribution in [0, 0.1) is 17.8 Å². The van der Waals surface area contributed by atoms with Crippen molar-refractivity contribution in [1.82, 2.24) is 5.32 Å². The van der Waals surface area contributed by atoms with Gasteiger partial charge in [-0.15, -0.1) is 5.16 Å². The molecule has 0 spiro atoms. The summed E-state index contributed by atoms with van der Waals surface area (Å²) in [6, 6.07) is 40.6. The van der Waals surface area contributed by atoms with Crippen LogP contribution < -0.4 is 5.32 Å². The van der Waals surface area contributed by atoms with Gasteiger partial charge >= 0.3 is 12.1 Å². The zero-order valence-electron chi connectivity index (χ0n) is 98.0. The minimum absolute atomic E-state index is 0.00925. The molecule has 3 heterocycles. The van der Waals surface area contributed by atoms with Gasteiger partial charge in [-0.3, -0.25) is 4.79 Å². The Morgan fingerprint density at radius 3 is 1.21 bits per heavy atom. The lowest BCUT2D eigenvalue weighted by Crippen LogP contribution is -2.69. The zero-order chi connectivity index (χ0) is 108. The summed E-state index contributed by atoms with van der Waals surface area (Å²) in [6.07, 6.45) is 25.0. The van der Waals surface area contributed by atoms with Crippen molar-refractivity contribution in [2.45, 2.75) is 533 Å². The molecule has 0 unspecified atom stereocenters. The number of hydrogen-bond acceptors (Lipinski definition) is 19. The second-order valence-corrected chi connectivity index (χ2v) is 85.6. The molecule has 3 aliphatic heterocycles. The number of alkyl carbamates (subject to hydrolysis) is 1. The molecule has 0 saturated carbocycles. The number of carbonyl (C=O) groups is 2. The first-order valence-electron chi connectivity index (χ1n) is 58.8. The third-order valence-corrected chi connectivity index (χ3v) is 78.8. The maximum Gasteiger partial charge on any atom is 0.407 e. The number of amides is 1. The molecule has 4 aliphatic rings. The molecule has 2 N–H and O–H groups in total. The lowest BCUT2D eigenvalue weighted by atomic mass is 9.83. The van der Waals surface area contributed by atoms with Crippen molar-refractivity contribution in [1.29, 1.82) is 0 Å². The highest BCUT2D eigenvalue weighted by atomic mass is 28.4. The van der Waals surface area contributed by atoms with Crippen LogP contribution in [0.5, 0.6) is 0 Å². The van der Waals surface area contributed by atoms with Crippen LogP contribution in [0.2, 0.25) is 163 Å². The van der Waals surface area contributed by atoms with E-state index in [1.807, 2.05) is 54.7 Å². The second-order valence-electron chi connectivity index (χ2n) is 43.1. The number of nitrogens with one attached hydrogen (secondary N) is 1. The topological polar surface area (TPSA) is 217 Å². The average molecular weight is 2190 g/mol. The first-order chi connectivity index (χ1) is 70.0. The van der Waals surface area contributed by atoms with Gasteiger partial charge < -0.3 is 78.8 Å². The number of esters is 1. The Morgan fingerprint density at radius 2 is 0.781 bits per heavy atom. The fourth-order valence-corrected chi connectivity index (χ4v) is 50.1. The summed E-state index contributed by atoms with van der Waals surface area (Å²) in [7, 11) is -20.7. The predicted octanol–water partition coefficient (Wildman–Crippen LogP) is 32.6. The molecule has 1 aliphatic carbocycles. The minimum atomic E-state index is -2.70. The third-order valence-electron chi connectivity index (χ3n) is 36.7. The van der Waals surface area contributed by atoms with Crippen LogP contribution >= 0.6 is 0 Å². The van der Waals surface area contributed by atoms with Crippen molar-refractivity contribution in [3.8, 4) is 11.1 Å². The molecule has 834 valence electrons. The number of carbonyl (C=O) groups excluding carboxylic acids is 2. The zero-order valence-corrected chi connectivity index (χ0v) is 107. The Hall–Kier alpha value is -3.74. The summed E-state index contributed by atoms with van der Waals surface area (Å²) in [6.45, 7) is 70.8. The van der Waals surface area contributed by atoms with Gasteiger partial charge in [0, 0.05) is 50.2 Å². The van der Waals surface area contributed by atoms with E-state index in [0.29, 0.717) is 38.5 Å². The van der Waals surface area contributed by atoms with Crippen LogP contribution in [0.4, 0.5) is 4.79 Å². The molecule has 2 bridgehead atoms. The Kier molecular flexibility index (Phi) is 58.0. The number of nitrogens with zero attached hydrogens (tertiary/aromatic N) is 1. The smallest absolute Gasteiger partial charge is 0.407 e. The van der Waals surface area contributed by atoms with Crippen molar-refractivity contribution in [3.05, 3.63) is 145 Å². The SMILES string of the molecule is CC[Si](CC)(CC)O[C@@H]1CC[C@@H](O[Si](CC)(CC)CC)[C@H](O[Si](CC)(CC)CC)C[C@H](O[Si](CC)(CC)CC)C[C@]2(OC)C[C@H](O[Si](CC)(CC)CC)[C@@H](/C=N\O)[C@H](C[C@@H](O[C@@H]3O[C@H](C)[C@@H](O[Si](CC)(CC)CC)[C@H](NC(=O)OCC4c5ccccc5-c5ccccc54)[C@@H]3O[Si](CC)(CC)CC)/C=C/C=C/C=C/C=C/C=C/C=C/C=C/[C@H](C)[C@@H](O[Si](CC)(CC)CC)[C@@H](C)[C@H](C)OC(=O)C[C@H](O[Si](CC)(CC)CC)C1)O2. The van der Waals surface area contributed by atoms with Gasteiger partial charge in [-0.05, 0) is 231 Å². The molecular weight excluding hydrogens is 1970 g/mol. The molecule has 20 nitrogen and oxygen atoms in total. The van der Waals surface area contributed by atoms with E-state index >= 15 is 9.59 Å². The highest BCUT2D eigenvalue weighted by Gasteiger charge is 2.57. The Labute approximate surface area is 900 Å². The molecule has 0 radical (unpaired) electrons. The molecule has 146 heavy (non-hydrogen) atoms. The van der Waals surface area contributed by atoms with Gasteiger partial charge in [0.1, 0.15) is 18.8 Å². The van der Waals surface area contributed by atoms with E-state index in [1.165, 1.54) is 0 Å². The predicted molar refractivity (Wildman–Crippen MR) is 633 cm³/mol. The number of hydrogen-bond donors (Lipinski definition) is 2. The van der Waals surface area contributed by atoms with Crippen molar-refractivity contribution in [2.75, 3.05) is 13.7 Å². The standard InChI is InChI=1S/C117H212N2O18Si9/c1-33-138(34-2,35-3)129-97-82-83-106(132-141(42-10,43-11)44-12)108(133-142(45-13,46-14)47-15)86-99(131-140(39-7,40-8)41-9)88-117(123-32)89-109(134-143(48-16,49-17)50-18)104(90-118-122)107(128-117)85-96(77-71-69-67-65-63-61-60-62-64-66-68-70-76-92(28)112(135-144(51-19,52-20)53-21)93(29)94(30)125-110(120)87-98(84-97)130-139(36-4,37-5)38-6)127-115-114(137-146(57-25,58-26)59-27)111(113(95(31)126-115)136-145(54-22,55-23)56-24)119-116(121)124-91-105-102-80-74-72-78-100(102)101-79-73-75-81-103(101)105/h60-81,90,92-99,104-109,111-115,122H,33-59,82-89,91H2,1-32H3,(H,119,121)/b61-60+,64-62+,65-63+,68-66+,69-67+,76-70+,77-71+,118-90-/t92-,93-,94-,95+,96-,97+,98+,99-,104-,106+,107-,108+,109-,111-,112+,113+,114-,115-,117+/m0/s1. The number of rotatable bonds is 52. The molecule has 2 fully saturated rings. The summed E-state index contributed by atoms with van der Waals surface area (Å²) in [5.74, 6) is -2.56. The summed E-state index contributed by atoms with van der Waals surface area (Å²) >= 11 is 0. The number of ether oxygens (including phenoxy) is 6. The lowest BCUT2D eigenvalue weighted by Gasteiger charge is -2.52. The monoisotopic (exact) mass is 2190 g/mol. The summed E-state index contributed by atoms with van der Waals surface area (Å²) in [4.78, 5) is 31.1. The molecule has 0 aromatic heterocycles. The second kappa shape index (κ2) is 64.7.